The van der Waals surface area contributed by atoms with Crippen molar-refractivity contribution in [2.24, 2.45) is 0 Å². The van der Waals surface area contributed by atoms with Gasteiger partial charge in [-0.15, -0.1) is 0 Å². The van der Waals surface area contributed by atoms with E-state index in [1.54, 1.807) is 26.0 Å². The highest BCUT2D eigenvalue weighted by atomic mass is 19.1. The van der Waals surface area contributed by atoms with Crippen LogP contribution in [-0.4, -0.2) is 18.5 Å². The summed E-state index contributed by atoms with van der Waals surface area (Å²) in [6, 6.07) is 15.4. The van der Waals surface area contributed by atoms with Crippen molar-refractivity contribution in [2.75, 3.05) is 6.61 Å². The lowest BCUT2D eigenvalue weighted by Gasteiger charge is -2.10. The Balaban J connectivity index is 1.57. The zero-order valence-corrected chi connectivity index (χ0v) is 18.3. The van der Waals surface area contributed by atoms with E-state index in [0.717, 1.165) is 12.1 Å². The number of hydrogen-bond acceptors (Lipinski definition) is 7. The third-order valence-electron chi connectivity index (χ3n) is 4.86. The minimum Gasteiger partial charge on any atom is -0.462 e. The van der Waals surface area contributed by atoms with Crippen LogP contribution in [0.3, 0.4) is 0 Å². The van der Waals surface area contributed by atoms with Crippen LogP contribution in [0.15, 0.2) is 75.9 Å². The lowest BCUT2D eigenvalue weighted by atomic mass is 10.2. The standard InChI is InChI=1S/C26H19FO7/c1-3-31-25(29)16-6-10-19(11-7-16)33-24-15(2)32-22-14-20(12-13-21(22)23(24)28)34-26(30)17-4-8-18(27)9-5-17/h4-14H,3H2,1-2H3. The fraction of sp³-hybridized carbons (Fsp3) is 0.115. The molecule has 1 heterocycles. The number of fused-ring (bicyclic) bond motifs is 1. The smallest absolute Gasteiger partial charge is 0.343 e. The van der Waals surface area contributed by atoms with Crippen molar-refractivity contribution in [3.05, 3.63) is 99.7 Å². The van der Waals surface area contributed by atoms with Crippen LogP contribution in [0.1, 0.15) is 33.4 Å². The first-order chi connectivity index (χ1) is 16.4. The molecule has 0 aliphatic rings. The van der Waals surface area contributed by atoms with Gasteiger partial charge < -0.3 is 18.6 Å². The molecule has 34 heavy (non-hydrogen) atoms. The molecule has 0 spiro atoms. The molecule has 0 bridgehead atoms. The largest absolute Gasteiger partial charge is 0.462 e. The molecule has 7 nitrogen and oxygen atoms in total. The second-order valence-electron chi connectivity index (χ2n) is 7.22. The summed E-state index contributed by atoms with van der Waals surface area (Å²) in [6.45, 7) is 3.55. The lowest BCUT2D eigenvalue weighted by molar-refractivity contribution is 0.0526. The summed E-state index contributed by atoms with van der Waals surface area (Å²) < 4.78 is 34.8. The Bertz CT molecular complexity index is 1420. The predicted octanol–water partition coefficient (Wildman–Crippen LogP) is 5.43. The zero-order valence-electron chi connectivity index (χ0n) is 18.3. The Labute approximate surface area is 193 Å². The Morgan fingerprint density at radius 1 is 0.882 bits per heavy atom. The second-order valence-corrected chi connectivity index (χ2v) is 7.22. The molecule has 3 aromatic carbocycles. The van der Waals surface area contributed by atoms with Gasteiger partial charge in [-0.2, -0.15) is 0 Å². The molecule has 0 saturated heterocycles. The molecule has 8 heteroatoms. The lowest BCUT2D eigenvalue weighted by Crippen LogP contribution is -2.10. The number of ether oxygens (including phenoxy) is 3. The highest BCUT2D eigenvalue weighted by Gasteiger charge is 2.16. The third-order valence-corrected chi connectivity index (χ3v) is 4.86. The Hall–Kier alpha value is -4.46. The maximum Gasteiger partial charge on any atom is 0.343 e. The summed E-state index contributed by atoms with van der Waals surface area (Å²) in [7, 11) is 0. The highest BCUT2D eigenvalue weighted by Crippen LogP contribution is 2.28. The Morgan fingerprint density at radius 2 is 1.50 bits per heavy atom. The number of halogens is 1. The van der Waals surface area contributed by atoms with E-state index >= 15 is 0 Å². The van der Waals surface area contributed by atoms with E-state index in [2.05, 4.69) is 0 Å². The summed E-state index contributed by atoms with van der Waals surface area (Å²) in [5, 5.41) is 0.227. The third kappa shape index (κ3) is 4.80. The fourth-order valence-electron chi connectivity index (χ4n) is 3.19. The molecule has 4 aromatic rings. The van der Waals surface area contributed by atoms with Crippen LogP contribution in [0.2, 0.25) is 0 Å². The van der Waals surface area contributed by atoms with Gasteiger partial charge in [0.2, 0.25) is 11.2 Å². The van der Waals surface area contributed by atoms with Gasteiger partial charge >= 0.3 is 11.9 Å². The fourth-order valence-corrected chi connectivity index (χ4v) is 3.19. The second kappa shape index (κ2) is 9.58. The highest BCUT2D eigenvalue weighted by molar-refractivity contribution is 5.91. The number of aryl methyl sites for hydroxylation is 1. The van der Waals surface area contributed by atoms with Gasteiger partial charge in [0.25, 0.3) is 0 Å². The SMILES string of the molecule is CCOC(=O)c1ccc(Oc2c(C)oc3cc(OC(=O)c4ccc(F)cc4)ccc3c2=O)cc1. The van der Waals surface area contributed by atoms with Crippen molar-refractivity contribution in [2.45, 2.75) is 13.8 Å². The van der Waals surface area contributed by atoms with Crippen molar-refractivity contribution in [3.63, 3.8) is 0 Å². The van der Waals surface area contributed by atoms with Crippen LogP contribution in [0.4, 0.5) is 4.39 Å². The maximum atomic E-state index is 13.1. The molecule has 0 saturated carbocycles. The summed E-state index contributed by atoms with van der Waals surface area (Å²) in [4.78, 5) is 37.1. The van der Waals surface area contributed by atoms with E-state index in [-0.39, 0.29) is 40.4 Å². The zero-order chi connectivity index (χ0) is 24.2. The van der Waals surface area contributed by atoms with E-state index < -0.39 is 23.2 Å². The van der Waals surface area contributed by atoms with Crippen molar-refractivity contribution in [1.82, 2.24) is 0 Å². The van der Waals surface area contributed by atoms with E-state index in [0.29, 0.717) is 11.3 Å². The number of hydrogen-bond donors (Lipinski definition) is 0. The number of esters is 2. The topological polar surface area (TPSA) is 92.0 Å². The molecule has 0 radical (unpaired) electrons. The van der Waals surface area contributed by atoms with E-state index in [1.807, 2.05) is 0 Å². The average molecular weight is 462 g/mol. The minimum atomic E-state index is -0.676. The van der Waals surface area contributed by atoms with Gasteiger partial charge in [-0.25, -0.2) is 14.0 Å². The first kappa shape index (κ1) is 22.7. The summed E-state index contributed by atoms with van der Waals surface area (Å²) in [6.07, 6.45) is 0. The van der Waals surface area contributed by atoms with Gasteiger partial charge in [0, 0.05) is 6.07 Å². The van der Waals surface area contributed by atoms with Gasteiger partial charge in [0.15, 0.2) is 0 Å². The van der Waals surface area contributed by atoms with Crippen LogP contribution in [-0.2, 0) is 4.74 Å². The van der Waals surface area contributed by atoms with Gasteiger partial charge in [-0.3, -0.25) is 4.79 Å². The average Bonchev–Trinajstić information content (AvgIpc) is 2.82. The van der Waals surface area contributed by atoms with Crippen molar-refractivity contribution in [1.29, 1.82) is 0 Å². The number of carbonyl (C=O) groups is 2. The molecular formula is C26H19FO7. The molecule has 4 rings (SSSR count). The number of carbonyl (C=O) groups excluding carboxylic acids is 2. The predicted molar refractivity (Wildman–Crippen MR) is 121 cm³/mol. The van der Waals surface area contributed by atoms with Crippen LogP contribution >= 0.6 is 0 Å². The molecule has 0 amide bonds. The Kier molecular flexibility index (Phi) is 6.40. The molecule has 0 aliphatic carbocycles. The number of benzene rings is 3. The van der Waals surface area contributed by atoms with Crippen molar-refractivity contribution in [3.8, 4) is 17.2 Å². The van der Waals surface area contributed by atoms with Gasteiger partial charge in [0.1, 0.15) is 28.7 Å². The number of rotatable bonds is 6. The molecule has 1 aromatic heterocycles. The maximum absolute atomic E-state index is 13.1. The van der Waals surface area contributed by atoms with Crippen LogP contribution in [0.5, 0.6) is 17.2 Å². The van der Waals surface area contributed by atoms with Crippen LogP contribution in [0, 0.1) is 12.7 Å². The molecule has 0 aliphatic heterocycles. The van der Waals surface area contributed by atoms with E-state index in [1.165, 1.54) is 42.5 Å². The van der Waals surface area contributed by atoms with Crippen LogP contribution < -0.4 is 14.9 Å². The molecule has 0 N–H and O–H groups in total. The molecule has 172 valence electrons. The van der Waals surface area contributed by atoms with Gasteiger partial charge in [0.05, 0.1) is 23.1 Å². The van der Waals surface area contributed by atoms with Gasteiger partial charge in [-0.1, -0.05) is 0 Å². The summed E-state index contributed by atoms with van der Waals surface area (Å²) >= 11 is 0. The quantitative estimate of drug-likeness (QED) is 0.279. The van der Waals surface area contributed by atoms with Crippen molar-refractivity contribution >= 4 is 22.9 Å². The summed E-state index contributed by atoms with van der Waals surface area (Å²) in [5.41, 5.74) is 0.331. The first-order valence-electron chi connectivity index (χ1n) is 10.4. The summed E-state index contributed by atoms with van der Waals surface area (Å²) in [5.74, 6) is -0.884. The van der Waals surface area contributed by atoms with E-state index in [9.17, 15) is 18.8 Å². The molecule has 0 fully saturated rings. The molecule has 0 atom stereocenters. The first-order valence-corrected chi connectivity index (χ1v) is 10.4. The normalized spacial score (nSPS) is 10.7. The Morgan fingerprint density at radius 3 is 2.18 bits per heavy atom. The van der Waals surface area contributed by atoms with E-state index in [4.69, 9.17) is 18.6 Å². The van der Waals surface area contributed by atoms with Crippen LogP contribution in [0.25, 0.3) is 11.0 Å². The molecule has 0 unspecified atom stereocenters. The monoisotopic (exact) mass is 462 g/mol. The van der Waals surface area contributed by atoms with Gasteiger partial charge in [-0.05, 0) is 74.5 Å². The van der Waals surface area contributed by atoms with Crippen molar-refractivity contribution < 1.29 is 32.6 Å². The molecular weight excluding hydrogens is 443 g/mol. The minimum absolute atomic E-state index is 0.00700.